The largest absolute Gasteiger partial charge is 0.411 e. The van der Waals surface area contributed by atoms with Gasteiger partial charge in [-0.3, -0.25) is 0 Å². The molecule has 0 aliphatic rings. The van der Waals surface area contributed by atoms with Crippen LogP contribution in [0.3, 0.4) is 0 Å². The van der Waals surface area contributed by atoms with Gasteiger partial charge in [0.1, 0.15) is 0 Å². The van der Waals surface area contributed by atoms with Gasteiger partial charge in [-0.25, -0.2) is 0 Å². The van der Waals surface area contributed by atoms with Crippen molar-refractivity contribution in [1.82, 2.24) is 0 Å². The maximum Gasteiger partial charge on any atom is 0.0632 e. The second-order valence-electron chi connectivity index (χ2n) is 15.6. The third-order valence-corrected chi connectivity index (χ3v) is 12.2. The zero-order chi connectivity index (χ0) is 33.6. The summed E-state index contributed by atoms with van der Waals surface area (Å²) in [7, 11) is 1.00. The molecule has 3 N–H and O–H groups in total. The van der Waals surface area contributed by atoms with E-state index in [1.807, 2.05) is 0 Å². The molecule has 41 heavy (non-hydrogen) atoms. The van der Waals surface area contributed by atoms with Crippen LogP contribution in [0.4, 0.5) is 0 Å². The van der Waals surface area contributed by atoms with Crippen molar-refractivity contribution in [2.24, 2.45) is 80.1 Å². The van der Waals surface area contributed by atoms with E-state index in [2.05, 4.69) is 147 Å². The van der Waals surface area contributed by atoms with Crippen LogP contribution < -0.4 is 0 Å². The lowest BCUT2D eigenvalue weighted by Gasteiger charge is -2.42. The van der Waals surface area contributed by atoms with E-state index < -0.39 is 0 Å². The van der Waals surface area contributed by atoms with E-state index in [4.69, 9.17) is 10.4 Å². The first kappa shape index (κ1) is 44.1. The molecule has 0 aromatic carbocycles. The smallest absolute Gasteiger partial charge is 0.0632 e. The molecule has 6 atom stereocenters. The Kier molecular flexibility index (Phi) is 21.2. The highest BCUT2D eigenvalue weighted by atomic mass is 28.1. The van der Waals surface area contributed by atoms with Gasteiger partial charge >= 0.3 is 0 Å². The zero-order valence-corrected chi connectivity index (χ0v) is 33.0. The maximum atomic E-state index is 9.25. The van der Waals surface area contributed by atoms with Gasteiger partial charge in [-0.1, -0.05) is 147 Å². The summed E-state index contributed by atoms with van der Waals surface area (Å²) in [6.07, 6.45) is 0. The molecule has 7 heteroatoms. The van der Waals surface area contributed by atoms with Gasteiger partial charge in [-0.15, -0.1) is 0 Å². The van der Waals surface area contributed by atoms with Gasteiger partial charge in [0.15, 0.2) is 0 Å². The normalized spacial score (nSPS) is 17.6. The lowest BCUT2D eigenvalue weighted by Crippen LogP contribution is -2.39. The van der Waals surface area contributed by atoms with Crippen LogP contribution >= 0.6 is 0 Å². The summed E-state index contributed by atoms with van der Waals surface area (Å²) < 4.78 is 0. The fourth-order valence-electron chi connectivity index (χ4n) is 4.04. The summed E-state index contributed by atoms with van der Waals surface area (Å²) in [5.74, 6) is 4.45. The third kappa shape index (κ3) is 14.6. The minimum absolute atomic E-state index is 0.0471. The van der Waals surface area contributed by atoms with Crippen LogP contribution in [-0.4, -0.2) is 43.0 Å². The molecule has 0 radical (unpaired) electrons. The van der Waals surface area contributed by atoms with E-state index in [-0.39, 0.29) is 10.5 Å². The summed E-state index contributed by atoms with van der Waals surface area (Å²) in [6, 6.07) is 0. The molecular weight excluding hydrogens is 526 g/mol. The molecule has 0 aromatic rings. The van der Waals surface area contributed by atoms with Crippen LogP contribution in [0.2, 0.25) is 5.04 Å². The number of hydrogen-bond acceptors (Lipinski definition) is 6. The predicted octanol–water partition coefficient (Wildman–Crippen LogP) is 9.50. The van der Waals surface area contributed by atoms with Crippen molar-refractivity contribution in [3.8, 4) is 0 Å². The number of rotatable bonds is 11. The van der Waals surface area contributed by atoms with Gasteiger partial charge in [0, 0.05) is 39.8 Å². The quantitative estimate of drug-likeness (QED) is 0.0954. The van der Waals surface area contributed by atoms with Crippen LogP contribution in [0.15, 0.2) is 15.5 Å². The third-order valence-electron chi connectivity index (χ3n) is 10.2. The van der Waals surface area contributed by atoms with Crippen molar-refractivity contribution < 1.29 is 15.6 Å². The van der Waals surface area contributed by atoms with Gasteiger partial charge in [0.2, 0.25) is 0 Å². The predicted molar refractivity (Wildman–Crippen MR) is 185 cm³/mol. The molecule has 6 nitrogen and oxygen atoms in total. The Bertz CT molecular complexity index is 722. The minimum atomic E-state index is 0.0471. The zero-order valence-electron chi connectivity index (χ0n) is 31.0. The number of nitrogens with zero attached hydrogens (tertiary/aromatic N) is 3. The fourth-order valence-corrected chi connectivity index (χ4v) is 4.60. The van der Waals surface area contributed by atoms with Crippen molar-refractivity contribution in [2.45, 2.75) is 137 Å². The molecule has 0 heterocycles. The second kappa shape index (κ2) is 19.7. The molecule has 0 amide bonds. The first-order valence-electron chi connectivity index (χ1n) is 16.0. The highest BCUT2D eigenvalue weighted by Crippen LogP contribution is 2.46. The average Bonchev–Trinajstić information content (AvgIpc) is 2.84. The van der Waals surface area contributed by atoms with Gasteiger partial charge in [0.25, 0.3) is 0 Å². The summed E-state index contributed by atoms with van der Waals surface area (Å²) in [6.45, 7) is 41.1. The van der Waals surface area contributed by atoms with E-state index in [9.17, 15) is 5.21 Å². The molecule has 0 fully saturated rings. The van der Waals surface area contributed by atoms with Gasteiger partial charge < -0.3 is 15.6 Å². The van der Waals surface area contributed by atoms with Crippen molar-refractivity contribution >= 4 is 27.4 Å². The molecule has 0 spiro atoms. The van der Waals surface area contributed by atoms with E-state index in [0.717, 1.165) is 27.4 Å². The Hall–Kier alpha value is -1.37. The van der Waals surface area contributed by atoms with Crippen molar-refractivity contribution in [3.63, 3.8) is 0 Å². The first-order chi connectivity index (χ1) is 18.4. The Labute approximate surface area is 259 Å². The highest BCUT2D eigenvalue weighted by molar-refractivity contribution is 6.30. The molecule has 0 aromatic heterocycles. The molecule has 0 bridgehead atoms. The lowest BCUT2D eigenvalue weighted by molar-refractivity contribution is 0.284. The van der Waals surface area contributed by atoms with E-state index in [0.29, 0.717) is 59.2 Å². The SMILES string of the molecule is CC(C)C(C)C(=NO)C(C)([SiH3])C(C)(C)C.CC(C)C(C)C(=NO)C(C)C(C)C.CC(C)C(C)C(=NO)C(C)C(C)C. The molecule has 246 valence electrons. The Morgan fingerprint density at radius 2 is 0.659 bits per heavy atom. The number of hydrogen-bond donors (Lipinski definition) is 3. The van der Waals surface area contributed by atoms with Crippen LogP contribution in [0.25, 0.3) is 0 Å². The van der Waals surface area contributed by atoms with E-state index in [1.165, 1.54) is 0 Å². The standard InChI is InChI=1S/C12H27NOSi.2C11H23NO/c1-8(2)9(3)10(13-14)12(7,15)11(4,5)6;2*1-7(2)9(5)11(12-13)10(6)8(3)4/h8-9,14H,1-7,15H3;2*7-10,13H,1-6H3. The van der Waals surface area contributed by atoms with Crippen LogP contribution in [-0.2, 0) is 0 Å². The molecule has 6 unspecified atom stereocenters. The number of oxime groups is 3. The maximum absolute atomic E-state index is 9.25. The van der Waals surface area contributed by atoms with Crippen molar-refractivity contribution in [1.29, 1.82) is 0 Å². The molecule has 0 saturated heterocycles. The Balaban J connectivity index is -0.000000530. The molecule has 0 aliphatic heterocycles. The molecular formula is C34H73N3O3Si. The summed E-state index contributed by atoms with van der Waals surface area (Å²) in [5.41, 5.74) is 3.00. The average molecular weight is 600 g/mol. The van der Waals surface area contributed by atoms with E-state index >= 15 is 0 Å². The van der Waals surface area contributed by atoms with Crippen LogP contribution in [0.1, 0.15) is 132 Å². The molecule has 0 rings (SSSR count). The second-order valence-corrected chi connectivity index (χ2v) is 17.6. The Morgan fingerprint density at radius 1 is 0.439 bits per heavy atom. The summed E-state index contributed by atoms with van der Waals surface area (Å²) in [4.78, 5) is 0. The van der Waals surface area contributed by atoms with Crippen molar-refractivity contribution in [3.05, 3.63) is 0 Å². The molecule has 0 aliphatic carbocycles. The minimum Gasteiger partial charge on any atom is -0.411 e. The highest BCUT2D eigenvalue weighted by Gasteiger charge is 2.40. The van der Waals surface area contributed by atoms with E-state index in [1.54, 1.807) is 0 Å². The Morgan fingerprint density at radius 3 is 0.780 bits per heavy atom. The van der Waals surface area contributed by atoms with Crippen molar-refractivity contribution in [2.75, 3.05) is 0 Å². The van der Waals surface area contributed by atoms with Gasteiger partial charge in [-0.05, 0) is 40.0 Å². The van der Waals surface area contributed by atoms with Gasteiger partial charge in [0.05, 0.1) is 17.1 Å². The topological polar surface area (TPSA) is 97.8 Å². The molecule has 0 saturated carbocycles. The summed E-state index contributed by atoms with van der Waals surface area (Å²) in [5, 5.41) is 37.7. The van der Waals surface area contributed by atoms with Crippen LogP contribution in [0, 0.1) is 64.6 Å². The monoisotopic (exact) mass is 600 g/mol. The lowest BCUT2D eigenvalue weighted by atomic mass is 9.72. The van der Waals surface area contributed by atoms with Gasteiger partial charge in [-0.2, -0.15) is 0 Å². The summed E-state index contributed by atoms with van der Waals surface area (Å²) >= 11 is 0. The van der Waals surface area contributed by atoms with Crippen LogP contribution in [0.5, 0.6) is 0 Å². The fraction of sp³-hybridized carbons (Fsp3) is 0.912. The first-order valence-corrected chi connectivity index (χ1v) is 17.0.